The minimum Gasteiger partial charge on any atom is -0.490 e. The van der Waals surface area contributed by atoms with Crippen molar-refractivity contribution in [2.24, 2.45) is 0 Å². The number of carbonyl (C=O) groups is 1. The van der Waals surface area contributed by atoms with Crippen LogP contribution in [0.25, 0.3) is 0 Å². The number of thiophene rings is 1. The fraction of sp³-hybridized carbons (Fsp3) is 0.261. The zero-order valence-electron chi connectivity index (χ0n) is 16.1. The summed E-state index contributed by atoms with van der Waals surface area (Å²) in [6.45, 7) is 4.97. The van der Waals surface area contributed by atoms with E-state index >= 15 is 0 Å². The monoisotopic (exact) mass is 396 g/mol. The standard InChI is InChI=1S/C23H24O4S/c1-16-6-3-9-21(17(16)2)27-12-11-26-19-8-4-7-18(14-19)15-20(23(24)25)22-10-5-13-28-22/h3-10,13-14,20H,11-12,15H2,1-2H3,(H,24,25). The molecular formula is C23H24O4S. The van der Waals surface area contributed by atoms with Crippen molar-refractivity contribution in [2.45, 2.75) is 26.2 Å². The number of benzene rings is 2. The second-order valence-corrected chi connectivity index (χ2v) is 7.63. The molecule has 0 aliphatic rings. The van der Waals surface area contributed by atoms with E-state index in [1.165, 1.54) is 16.9 Å². The number of rotatable bonds is 9. The first kappa shape index (κ1) is 20.0. The van der Waals surface area contributed by atoms with Crippen LogP contribution in [0.5, 0.6) is 11.5 Å². The Morgan fingerprint density at radius 3 is 2.57 bits per heavy atom. The smallest absolute Gasteiger partial charge is 0.312 e. The number of aliphatic carboxylic acids is 1. The van der Waals surface area contributed by atoms with Gasteiger partial charge in [0.05, 0.1) is 5.92 Å². The maximum atomic E-state index is 11.6. The lowest BCUT2D eigenvalue weighted by atomic mass is 9.98. The molecule has 1 N–H and O–H groups in total. The molecule has 0 saturated carbocycles. The molecule has 2 aromatic carbocycles. The van der Waals surface area contributed by atoms with Crippen LogP contribution in [-0.4, -0.2) is 24.3 Å². The van der Waals surface area contributed by atoms with Gasteiger partial charge >= 0.3 is 5.97 Å². The second kappa shape index (κ2) is 9.42. The highest BCUT2D eigenvalue weighted by molar-refractivity contribution is 7.10. The van der Waals surface area contributed by atoms with Gasteiger partial charge in [0.15, 0.2) is 0 Å². The Labute approximate surface area is 169 Å². The van der Waals surface area contributed by atoms with Gasteiger partial charge in [-0.15, -0.1) is 11.3 Å². The number of carboxylic acid groups (broad SMARTS) is 1. The van der Waals surface area contributed by atoms with Gasteiger partial charge in [-0.1, -0.05) is 30.3 Å². The highest BCUT2D eigenvalue weighted by Gasteiger charge is 2.21. The normalized spacial score (nSPS) is 11.8. The van der Waals surface area contributed by atoms with E-state index in [1.807, 2.05) is 60.8 Å². The van der Waals surface area contributed by atoms with Crippen molar-refractivity contribution >= 4 is 17.3 Å². The summed E-state index contributed by atoms with van der Waals surface area (Å²) in [5.74, 6) is 0.244. The summed E-state index contributed by atoms with van der Waals surface area (Å²) >= 11 is 1.47. The Morgan fingerprint density at radius 1 is 1.04 bits per heavy atom. The first-order chi connectivity index (χ1) is 13.5. The van der Waals surface area contributed by atoms with E-state index in [0.717, 1.165) is 27.5 Å². The number of aryl methyl sites for hydroxylation is 1. The zero-order valence-corrected chi connectivity index (χ0v) is 16.9. The van der Waals surface area contributed by atoms with Crippen LogP contribution in [0.2, 0.25) is 0 Å². The predicted octanol–water partition coefficient (Wildman–Crippen LogP) is 5.23. The molecule has 0 spiro atoms. The zero-order chi connectivity index (χ0) is 19.9. The van der Waals surface area contributed by atoms with Crippen LogP contribution in [-0.2, 0) is 11.2 Å². The van der Waals surface area contributed by atoms with E-state index in [9.17, 15) is 9.90 Å². The van der Waals surface area contributed by atoms with Crippen molar-refractivity contribution in [3.63, 3.8) is 0 Å². The first-order valence-electron chi connectivity index (χ1n) is 9.21. The van der Waals surface area contributed by atoms with Gasteiger partial charge in [0.2, 0.25) is 0 Å². The third-order valence-corrected chi connectivity index (χ3v) is 5.67. The summed E-state index contributed by atoms with van der Waals surface area (Å²) in [5, 5.41) is 11.5. The molecule has 5 heteroatoms. The third kappa shape index (κ3) is 5.14. The van der Waals surface area contributed by atoms with Crippen molar-refractivity contribution in [1.82, 2.24) is 0 Å². The summed E-state index contributed by atoms with van der Waals surface area (Å²) < 4.78 is 11.6. The van der Waals surface area contributed by atoms with Gasteiger partial charge in [-0.3, -0.25) is 4.79 Å². The summed E-state index contributed by atoms with van der Waals surface area (Å²) in [6.07, 6.45) is 0.437. The minimum absolute atomic E-state index is 0.421. The maximum absolute atomic E-state index is 11.6. The topological polar surface area (TPSA) is 55.8 Å². The van der Waals surface area contributed by atoms with Gasteiger partial charge in [0, 0.05) is 4.88 Å². The molecule has 1 heterocycles. The van der Waals surface area contributed by atoms with Crippen LogP contribution in [0.1, 0.15) is 27.5 Å². The van der Waals surface area contributed by atoms with Crippen molar-refractivity contribution in [3.8, 4) is 11.5 Å². The molecule has 0 aliphatic carbocycles. The summed E-state index contributed by atoms with van der Waals surface area (Å²) in [6, 6.07) is 17.4. The number of hydrogen-bond donors (Lipinski definition) is 1. The van der Waals surface area contributed by atoms with E-state index in [1.54, 1.807) is 0 Å². The second-order valence-electron chi connectivity index (χ2n) is 6.65. The number of carboxylic acids is 1. The number of ether oxygens (including phenoxy) is 2. The molecule has 3 aromatic rings. The SMILES string of the molecule is Cc1cccc(OCCOc2cccc(CC(C(=O)O)c3cccs3)c2)c1C. The third-order valence-electron chi connectivity index (χ3n) is 4.69. The van der Waals surface area contributed by atoms with E-state index in [4.69, 9.17) is 9.47 Å². The Morgan fingerprint density at radius 2 is 1.82 bits per heavy atom. The van der Waals surface area contributed by atoms with Crippen molar-refractivity contribution in [1.29, 1.82) is 0 Å². The van der Waals surface area contributed by atoms with E-state index in [2.05, 4.69) is 13.0 Å². The average molecular weight is 397 g/mol. The van der Waals surface area contributed by atoms with Crippen molar-refractivity contribution in [2.75, 3.05) is 13.2 Å². The highest BCUT2D eigenvalue weighted by Crippen LogP contribution is 2.27. The molecule has 4 nitrogen and oxygen atoms in total. The molecular weight excluding hydrogens is 372 g/mol. The van der Waals surface area contributed by atoms with Crippen LogP contribution < -0.4 is 9.47 Å². The number of hydrogen-bond acceptors (Lipinski definition) is 4. The molecule has 146 valence electrons. The summed E-state index contributed by atoms with van der Waals surface area (Å²) in [7, 11) is 0. The van der Waals surface area contributed by atoms with Gasteiger partial charge in [-0.05, 0) is 66.6 Å². The van der Waals surface area contributed by atoms with E-state index in [-0.39, 0.29) is 0 Å². The molecule has 0 aliphatic heterocycles. The molecule has 0 saturated heterocycles. The lowest BCUT2D eigenvalue weighted by Crippen LogP contribution is -2.13. The predicted molar refractivity (Wildman–Crippen MR) is 112 cm³/mol. The van der Waals surface area contributed by atoms with Gasteiger partial charge in [-0.2, -0.15) is 0 Å². The summed E-state index contributed by atoms with van der Waals surface area (Å²) in [5.41, 5.74) is 3.27. The molecule has 0 radical (unpaired) electrons. The van der Waals surface area contributed by atoms with Crippen LogP contribution in [0.3, 0.4) is 0 Å². The van der Waals surface area contributed by atoms with E-state index < -0.39 is 11.9 Å². The lowest BCUT2D eigenvalue weighted by Gasteiger charge is -2.13. The Bertz CT molecular complexity index is 918. The molecule has 1 unspecified atom stereocenters. The summed E-state index contributed by atoms with van der Waals surface area (Å²) in [4.78, 5) is 12.5. The lowest BCUT2D eigenvalue weighted by molar-refractivity contribution is -0.138. The molecule has 3 rings (SSSR count). The first-order valence-corrected chi connectivity index (χ1v) is 10.1. The van der Waals surface area contributed by atoms with E-state index in [0.29, 0.717) is 19.6 Å². The van der Waals surface area contributed by atoms with Crippen molar-refractivity contribution < 1.29 is 19.4 Å². The van der Waals surface area contributed by atoms with Crippen LogP contribution in [0.4, 0.5) is 0 Å². The largest absolute Gasteiger partial charge is 0.490 e. The molecule has 1 aromatic heterocycles. The highest BCUT2D eigenvalue weighted by atomic mass is 32.1. The van der Waals surface area contributed by atoms with Crippen LogP contribution in [0.15, 0.2) is 60.0 Å². The Hall–Kier alpha value is -2.79. The van der Waals surface area contributed by atoms with Crippen LogP contribution >= 0.6 is 11.3 Å². The molecule has 0 fully saturated rings. The molecule has 0 bridgehead atoms. The molecule has 1 atom stereocenters. The fourth-order valence-electron chi connectivity index (χ4n) is 2.99. The maximum Gasteiger partial charge on any atom is 0.312 e. The van der Waals surface area contributed by atoms with Gasteiger partial charge < -0.3 is 14.6 Å². The van der Waals surface area contributed by atoms with Gasteiger partial charge in [0.1, 0.15) is 24.7 Å². The van der Waals surface area contributed by atoms with Crippen LogP contribution in [0, 0.1) is 13.8 Å². The quantitative estimate of drug-likeness (QED) is 0.503. The van der Waals surface area contributed by atoms with Gasteiger partial charge in [-0.25, -0.2) is 0 Å². The Kier molecular flexibility index (Phi) is 6.71. The van der Waals surface area contributed by atoms with Gasteiger partial charge in [0.25, 0.3) is 0 Å². The van der Waals surface area contributed by atoms with Crippen molar-refractivity contribution in [3.05, 3.63) is 81.5 Å². The fourth-order valence-corrected chi connectivity index (χ4v) is 3.81. The molecule has 0 amide bonds. The Balaban J connectivity index is 1.56. The minimum atomic E-state index is -0.810. The molecule has 28 heavy (non-hydrogen) atoms. The average Bonchev–Trinajstić information content (AvgIpc) is 3.21.